The van der Waals surface area contributed by atoms with Gasteiger partial charge in [0.2, 0.25) is 5.76 Å². The summed E-state index contributed by atoms with van der Waals surface area (Å²) in [7, 11) is 0. The monoisotopic (exact) mass is 414 g/mol. The van der Waals surface area contributed by atoms with Crippen LogP contribution in [-0.4, -0.2) is 20.8 Å². The number of carbonyl (C=O) groups is 1. The summed E-state index contributed by atoms with van der Waals surface area (Å²) in [4.78, 5) is 12.5. The van der Waals surface area contributed by atoms with E-state index in [1.165, 1.54) is 24.6 Å². The minimum Gasteiger partial charge on any atom is -0.461 e. The number of furan rings is 1. The van der Waals surface area contributed by atoms with Gasteiger partial charge in [-0.2, -0.15) is 5.10 Å². The Labute approximate surface area is 170 Å². The van der Waals surface area contributed by atoms with Gasteiger partial charge in [0.25, 0.3) is 5.91 Å². The molecule has 0 bridgehead atoms. The van der Waals surface area contributed by atoms with Crippen molar-refractivity contribution in [1.82, 2.24) is 14.9 Å². The standard InChI is InChI=1S/C20H16ClFN4O3/c1-11-16(10-23-26(11)12(2)19-13(21)5-3-6-14(19)22)24-20(27)15-9-18(29-25-15)17-7-4-8-28-17/h3-10,12H,1-2H3,(H,24,27). The Morgan fingerprint density at radius 3 is 2.83 bits per heavy atom. The number of hydrogen-bond acceptors (Lipinski definition) is 5. The van der Waals surface area contributed by atoms with Crippen LogP contribution in [0.3, 0.4) is 0 Å². The first-order valence-electron chi connectivity index (χ1n) is 8.75. The van der Waals surface area contributed by atoms with Gasteiger partial charge in [-0.25, -0.2) is 4.39 Å². The van der Waals surface area contributed by atoms with E-state index in [1.54, 1.807) is 42.8 Å². The predicted octanol–water partition coefficient (Wildman–Crippen LogP) is 5.09. The van der Waals surface area contributed by atoms with Crippen molar-refractivity contribution in [2.24, 2.45) is 0 Å². The van der Waals surface area contributed by atoms with Crippen LogP contribution in [0.5, 0.6) is 0 Å². The molecule has 0 aliphatic carbocycles. The van der Waals surface area contributed by atoms with Crippen molar-refractivity contribution in [2.45, 2.75) is 19.9 Å². The van der Waals surface area contributed by atoms with E-state index in [4.69, 9.17) is 20.5 Å². The van der Waals surface area contributed by atoms with E-state index in [-0.39, 0.29) is 5.69 Å². The number of anilines is 1. The molecule has 1 N–H and O–H groups in total. The molecule has 0 aliphatic heterocycles. The molecular formula is C20H16ClFN4O3. The maximum atomic E-state index is 14.3. The molecule has 0 aliphatic rings. The molecule has 148 valence electrons. The fraction of sp³-hybridized carbons (Fsp3) is 0.150. The van der Waals surface area contributed by atoms with Crippen molar-refractivity contribution < 1.29 is 18.1 Å². The lowest BCUT2D eigenvalue weighted by Gasteiger charge is -2.17. The fourth-order valence-electron chi connectivity index (χ4n) is 3.07. The minimum absolute atomic E-state index is 0.0914. The van der Waals surface area contributed by atoms with Gasteiger partial charge in [0.15, 0.2) is 11.5 Å². The molecule has 29 heavy (non-hydrogen) atoms. The lowest BCUT2D eigenvalue weighted by atomic mass is 10.1. The zero-order valence-electron chi connectivity index (χ0n) is 15.5. The van der Waals surface area contributed by atoms with E-state index in [2.05, 4.69) is 15.6 Å². The molecule has 0 radical (unpaired) electrons. The normalized spacial score (nSPS) is 12.1. The molecule has 0 spiro atoms. The van der Waals surface area contributed by atoms with Crippen LogP contribution < -0.4 is 5.32 Å². The number of carbonyl (C=O) groups excluding carboxylic acids is 1. The van der Waals surface area contributed by atoms with E-state index in [0.717, 1.165) is 0 Å². The molecule has 7 nitrogen and oxygen atoms in total. The van der Waals surface area contributed by atoms with Crippen LogP contribution in [0.25, 0.3) is 11.5 Å². The van der Waals surface area contributed by atoms with Crippen molar-refractivity contribution in [3.05, 3.63) is 76.6 Å². The van der Waals surface area contributed by atoms with Crippen LogP contribution in [-0.2, 0) is 0 Å². The van der Waals surface area contributed by atoms with Crippen LogP contribution in [0.15, 0.2) is 57.8 Å². The van der Waals surface area contributed by atoms with Crippen molar-refractivity contribution >= 4 is 23.2 Å². The Hall–Kier alpha value is -3.39. The lowest BCUT2D eigenvalue weighted by Crippen LogP contribution is -2.15. The molecule has 0 saturated carbocycles. The number of nitrogens with zero attached hydrogens (tertiary/aromatic N) is 3. The SMILES string of the molecule is Cc1c(NC(=O)c2cc(-c3ccco3)on2)cnn1C(C)c1c(F)cccc1Cl. The lowest BCUT2D eigenvalue weighted by molar-refractivity contribution is 0.101. The Kier molecular flexibility index (Phi) is 4.94. The predicted molar refractivity (Wildman–Crippen MR) is 104 cm³/mol. The summed E-state index contributed by atoms with van der Waals surface area (Å²) >= 11 is 6.17. The number of halogens is 2. The fourth-order valence-corrected chi connectivity index (χ4v) is 3.39. The largest absolute Gasteiger partial charge is 0.461 e. The molecule has 4 aromatic rings. The van der Waals surface area contributed by atoms with E-state index in [1.807, 2.05) is 0 Å². The van der Waals surface area contributed by atoms with Gasteiger partial charge in [-0.15, -0.1) is 0 Å². The smallest absolute Gasteiger partial charge is 0.277 e. The molecule has 0 saturated heterocycles. The summed E-state index contributed by atoms with van der Waals surface area (Å²) in [5, 5.41) is 11.1. The average molecular weight is 415 g/mol. The number of amides is 1. The van der Waals surface area contributed by atoms with Crippen molar-refractivity contribution in [2.75, 3.05) is 5.32 Å². The molecule has 9 heteroatoms. The first-order chi connectivity index (χ1) is 14.0. The highest BCUT2D eigenvalue weighted by atomic mass is 35.5. The second-order valence-electron chi connectivity index (χ2n) is 6.41. The molecule has 3 heterocycles. The van der Waals surface area contributed by atoms with Crippen molar-refractivity contribution in [3.8, 4) is 11.5 Å². The van der Waals surface area contributed by atoms with Crippen LogP contribution in [0.4, 0.5) is 10.1 Å². The zero-order valence-corrected chi connectivity index (χ0v) is 16.3. The van der Waals surface area contributed by atoms with E-state index in [0.29, 0.717) is 33.5 Å². The summed E-state index contributed by atoms with van der Waals surface area (Å²) in [6, 6.07) is 8.94. The third-order valence-electron chi connectivity index (χ3n) is 4.58. The third-order valence-corrected chi connectivity index (χ3v) is 4.91. The zero-order chi connectivity index (χ0) is 20.5. The Balaban J connectivity index is 1.55. The topological polar surface area (TPSA) is 86.1 Å². The average Bonchev–Trinajstić information content (AvgIpc) is 3.43. The third kappa shape index (κ3) is 3.54. The maximum absolute atomic E-state index is 14.3. The molecule has 0 fully saturated rings. The van der Waals surface area contributed by atoms with Crippen LogP contribution in [0, 0.1) is 12.7 Å². The van der Waals surface area contributed by atoms with Crippen molar-refractivity contribution in [1.29, 1.82) is 0 Å². The summed E-state index contributed by atoms with van der Waals surface area (Å²) in [6.45, 7) is 3.55. The second kappa shape index (κ2) is 7.56. The van der Waals surface area contributed by atoms with Crippen LogP contribution in [0.2, 0.25) is 5.02 Å². The van der Waals surface area contributed by atoms with Gasteiger partial charge in [0.05, 0.1) is 29.9 Å². The molecular weight excluding hydrogens is 399 g/mol. The molecule has 1 unspecified atom stereocenters. The summed E-state index contributed by atoms with van der Waals surface area (Å²) in [5.41, 5.74) is 1.53. The number of benzene rings is 1. The number of nitrogens with one attached hydrogen (secondary N) is 1. The highest BCUT2D eigenvalue weighted by Crippen LogP contribution is 2.30. The van der Waals surface area contributed by atoms with Gasteiger partial charge in [0.1, 0.15) is 5.82 Å². The highest BCUT2D eigenvalue weighted by molar-refractivity contribution is 6.31. The first kappa shape index (κ1) is 18.9. The number of rotatable bonds is 5. The van der Waals surface area contributed by atoms with Crippen LogP contribution in [0.1, 0.15) is 34.7 Å². The maximum Gasteiger partial charge on any atom is 0.277 e. The molecule has 1 atom stereocenters. The first-order valence-corrected chi connectivity index (χ1v) is 9.13. The van der Waals surface area contributed by atoms with Gasteiger partial charge in [-0.1, -0.05) is 22.8 Å². The van der Waals surface area contributed by atoms with Crippen molar-refractivity contribution in [3.63, 3.8) is 0 Å². The molecule has 3 aromatic heterocycles. The Bertz CT molecular complexity index is 1150. The van der Waals surface area contributed by atoms with Gasteiger partial charge in [-0.05, 0) is 38.1 Å². The number of aromatic nitrogens is 3. The van der Waals surface area contributed by atoms with Gasteiger partial charge in [0, 0.05) is 16.7 Å². The Morgan fingerprint density at radius 2 is 2.10 bits per heavy atom. The molecule has 4 rings (SSSR count). The van der Waals surface area contributed by atoms with Gasteiger partial charge >= 0.3 is 0 Å². The van der Waals surface area contributed by atoms with Gasteiger partial charge in [-0.3, -0.25) is 9.48 Å². The Morgan fingerprint density at radius 1 is 1.28 bits per heavy atom. The molecule has 1 amide bonds. The van der Waals surface area contributed by atoms with E-state index in [9.17, 15) is 9.18 Å². The minimum atomic E-state index is -0.467. The van der Waals surface area contributed by atoms with Crippen LogP contribution >= 0.6 is 11.6 Å². The quantitative estimate of drug-likeness (QED) is 0.491. The number of hydrogen-bond donors (Lipinski definition) is 1. The summed E-state index contributed by atoms with van der Waals surface area (Å²) in [5.74, 6) is -0.0733. The van der Waals surface area contributed by atoms with Gasteiger partial charge < -0.3 is 14.3 Å². The summed E-state index contributed by atoms with van der Waals surface area (Å²) < 4.78 is 26.2. The molecule has 1 aromatic carbocycles. The second-order valence-corrected chi connectivity index (χ2v) is 6.81. The summed E-state index contributed by atoms with van der Waals surface area (Å²) in [6.07, 6.45) is 2.99. The highest BCUT2D eigenvalue weighted by Gasteiger charge is 2.22. The van der Waals surface area contributed by atoms with E-state index >= 15 is 0 Å². The van der Waals surface area contributed by atoms with E-state index < -0.39 is 17.8 Å².